The maximum absolute atomic E-state index is 11.2. The molecule has 0 radical (unpaired) electrons. The van der Waals surface area contributed by atoms with E-state index >= 15 is 0 Å². The fourth-order valence-electron chi connectivity index (χ4n) is 2.14. The molecule has 1 atom stereocenters. The van der Waals surface area contributed by atoms with Gasteiger partial charge in [-0.1, -0.05) is 0 Å². The molecule has 1 heterocycles. The molecule has 0 saturated carbocycles. The van der Waals surface area contributed by atoms with Crippen molar-refractivity contribution in [1.29, 1.82) is 0 Å². The molecule has 0 aliphatic heterocycles. The predicted octanol–water partition coefficient (Wildman–Crippen LogP) is 1.94. The van der Waals surface area contributed by atoms with Gasteiger partial charge in [0.05, 0.1) is 13.2 Å². The Morgan fingerprint density at radius 2 is 2.05 bits per heavy atom. The zero-order valence-corrected chi connectivity index (χ0v) is 12.9. The topological polar surface area (TPSA) is 103 Å². The van der Waals surface area contributed by atoms with Crippen LogP contribution in [0.15, 0.2) is 33.5 Å². The second-order valence-electron chi connectivity index (χ2n) is 4.83. The van der Waals surface area contributed by atoms with Crippen LogP contribution in [-0.4, -0.2) is 26.2 Å². The predicted molar refractivity (Wildman–Crippen MR) is 79.5 cm³/mol. The standard InChI is InChI=1S/C14H16O7S/c1-9(21-22(16,17)18)3-4-10-7-11-5-6-14(15)20-13(11)8-12(10)19-2/h5-9H,3-4H2,1-2H3,(H,16,17,18). The Labute approximate surface area is 127 Å². The number of aryl methyl sites for hydroxylation is 1. The van der Waals surface area contributed by atoms with E-state index < -0.39 is 22.1 Å². The molecular formula is C14H16O7S. The van der Waals surface area contributed by atoms with Crippen molar-refractivity contribution in [3.05, 3.63) is 40.2 Å². The average molecular weight is 328 g/mol. The van der Waals surface area contributed by atoms with Gasteiger partial charge in [-0.15, -0.1) is 0 Å². The molecule has 8 heteroatoms. The third kappa shape index (κ3) is 4.30. The Bertz CT molecular complexity index is 823. The number of ether oxygens (including phenoxy) is 1. The van der Waals surface area contributed by atoms with Crippen molar-refractivity contribution in [2.24, 2.45) is 0 Å². The molecule has 120 valence electrons. The molecule has 1 aromatic heterocycles. The molecule has 1 unspecified atom stereocenters. The fourth-order valence-corrected chi connectivity index (χ4v) is 2.66. The number of hydrogen-bond donors (Lipinski definition) is 1. The Morgan fingerprint density at radius 1 is 1.32 bits per heavy atom. The van der Waals surface area contributed by atoms with Crippen LogP contribution in [0.25, 0.3) is 11.0 Å². The maximum Gasteiger partial charge on any atom is 0.397 e. The molecule has 0 amide bonds. The summed E-state index contributed by atoms with van der Waals surface area (Å²) in [6.45, 7) is 1.54. The molecule has 1 aromatic carbocycles. The minimum absolute atomic E-state index is 0.360. The number of rotatable bonds is 6. The summed E-state index contributed by atoms with van der Waals surface area (Å²) >= 11 is 0. The van der Waals surface area contributed by atoms with Crippen molar-refractivity contribution in [3.8, 4) is 5.75 Å². The van der Waals surface area contributed by atoms with Crippen LogP contribution in [0.3, 0.4) is 0 Å². The van der Waals surface area contributed by atoms with Crippen LogP contribution in [-0.2, 0) is 21.0 Å². The van der Waals surface area contributed by atoms with Crippen molar-refractivity contribution in [1.82, 2.24) is 0 Å². The van der Waals surface area contributed by atoms with E-state index in [2.05, 4.69) is 4.18 Å². The first-order chi connectivity index (χ1) is 10.3. The van der Waals surface area contributed by atoms with E-state index in [4.69, 9.17) is 13.7 Å². The highest BCUT2D eigenvalue weighted by Crippen LogP contribution is 2.26. The first kappa shape index (κ1) is 16.5. The lowest BCUT2D eigenvalue weighted by atomic mass is 10.0. The normalized spacial score (nSPS) is 13.2. The van der Waals surface area contributed by atoms with Gasteiger partial charge in [0.1, 0.15) is 11.3 Å². The van der Waals surface area contributed by atoms with Crippen molar-refractivity contribution >= 4 is 21.4 Å². The van der Waals surface area contributed by atoms with Crippen molar-refractivity contribution in [2.45, 2.75) is 25.9 Å². The third-order valence-corrected chi connectivity index (χ3v) is 3.70. The minimum atomic E-state index is -4.46. The summed E-state index contributed by atoms with van der Waals surface area (Å²) in [5.74, 6) is 0.529. The van der Waals surface area contributed by atoms with Gasteiger partial charge in [-0.25, -0.2) is 8.98 Å². The van der Waals surface area contributed by atoms with E-state index in [1.165, 1.54) is 13.2 Å². The molecular weight excluding hydrogens is 312 g/mol. The van der Waals surface area contributed by atoms with Crippen molar-refractivity contribution < 1.29 is 26.3 Å². The summed E-state index contributed by atoms with van der Waals surface area (Å²) in [5.41, 5.74) is 0.780. The quantitative estimate of drug-likeness (QED) is 0.638. The van der Waals surface area contributed by atoms with E-state index in [9.17, 15) is 13.2 Å². The molecule has 0 bridgehead atoms. The second-order valence-corrected chi connectivity index (χ2v) is 5.88. The van der Waals surface area contributed by atoms with Crippen LogP contribution < -0.4 is 10.4 Å². The van der Waals surface area contributed by atoms with Crippen LogP contribution in [0.4, 0.5) is 0 Å². The summed E-state index contributed by atoms with van der Waals surface area (Å²) in [7, 11) is -2.97. The molecule has 7 nitrogen and oxygen atoms in total. The van der Waals surface area contributed by atoms with Crippen LogP contribution in [0.1, 0.15) is 18.9 Å². The van der Waals surface area contributed by atoms with Gasteiger partial charge in [-0.05, 0) is 37.5 Å². The molecule has 0 fully saturated rings. The number of hydrogen-bond acceptors (Lipinski definition) is 6. The summed E-state index contributed by atoms with van der Waals surface area (Å²) < 4.78 is 44.7. The lowest BCUT2D eigenvalue weighted by Gasteiger charge is -2.13. The van der Waals surface area contributed by atoms with E-state index in [-0.39, 0.29) is 0 Å². The molecule has 0 aliphatic carbocycles. The van der Waals surface area contributed by atoms with Gasteiger partial charge < -0.3 is 9.15 Å². The minimum Gasteiger partial charge on any atom is -0.496 e. The largest absolute Gasteiger partial charge is 0.496 e. The summed E-state index contributed by atoms with van der Waals surface area (Å²) in [5, 5.41) is 0.735. The van der Waals surface area contributed by atoms with Crippen LogP contribution in [0, 0.1) is 0 Å². The summed E-state index contributed by atoms with van der Waals surface area (Å²) in [6.07, 6.45) is 0.150. The SMILES string of the molecule is COc1cc2oc(=O)ccc2cc1CCC(C)OS(=O)(=O)O. The number of fused-ring (bicyclic) bond motifs is 1. The van der Waals surface area contributed by atoms with Gasteiger partial charge in [-0.3, -0.25) is 4.55 Å². The van der Waals surface area contributed by atoms with E-state index in [0.29, 0.717) is 24.2 Å². The molecule has 0 saturated heterocycles. The smallest absolute Gasteiger partial charge is 0.397 e. The zero-order chi connectivity index (χ0) is 16.3. The van der Waals surface area contributed by atoms with Crippen LogP contribution in [0.5, 0.6) is 5.75 Å². The van der Waals surface area contributed by atoms with Gasteiger partial charge in [0.2, 0.25) is 0 Å². The van der Waals surface area contributed by atoms with Crippen LogP contribution >= 0.6 is 0 Å². The van der Waals surface area contributed by atoms with Gasteiger partial charge in [0.15, 0.2) is 0 Å². The lowest BCUT2D eigenvalue weighted by molar-refractivity contribution is 0.189. The molecule has 0 spiro atoms. The van der Waals surface area contributed by atoms with Gasteiger partial charge in [0, 0.05) is 17.5 Å². The first-order valence-corrected chi connectivity index (χ1v) is 7.91. The summed E-state index contributed by atoms with van der Waals surface area (Å²) in [4.78, 5) is 11.2. The van der Waals surface area contributed by atoms with E-state index in [1.54, 1.807) is 25.1 Å². The van der Waals surface area contributed by atoms with Crippen LogP contribution in [0.2, 0.25) is 0 Å². The monoisotopic (exact) mass is 328 g/mol. The number of benzene rings is 1. The third-order valence-electron chi connectivity index (χ3n) is 3.13. The van der Waals surface area contributed by atoms with Crippen molar-refractivity contribution in [2.75, 3.05) is 7.11 Å². The maximum atomic E-state index is 11.2. The number of methoxy groups -OCH3 is 1. The highest BCUT2D eigenvalue weighted by atomic mass is 32.3. The zero-order valence-electron chi connectivity index (χ0n) is 12.1. The highest BCUT2D eigenvalue weighted by Gasteiger charge is 2.14. The molecule has 0 aliphatic rings. The Kier molecular flexibility index (Phi) is 4.84. The Balaban J connectivity index is 2.23. The Morgan fingerprint density at radius 3 is 2.68 bits per heavy atom. The molecule has 1 N–H and O–H groups in total. The van der Waals surface area contributed by atoms with Gasteiger partial charge in [-0.2, -0.15) is 8.42 Å². The van der Waals surface area contributed by atoms with Crippen molar-refractivity contribution in [3.63, 3.8) is 0 Å². The van der Waals surface area contributed by atoms with Gasteiger partial charge in [0.25, 0.3) is 0 Å². The summed E-state index contributed by atoms with van der Waals surface area (Å²) in [6, 6.07) is 6.38. The van der Waals surface area contributed by atoms with E-state index in [0.717, 1.165) is 10.9 Å². The highest BCUT2D eigenvalue weighted by molar-refractivity contribution is 7.80. The Hall–Kier alpha value is -1.90. The first-order valence-electron chi connectivity index (χ1n) is 6.55. The molecule has 2 aromatic rings. The fraction of sp³-hybridized carbons (Fsp3) is 0.357. The second kappa shape index (κ2) is 6.47. The molecule has 22 heavy (non-hydrogen) atoms. The lowest BCUT2D eigenvalue weighted by Crippen LogP contribution is -2.15. The van der Waals surface area contributed by atoms with E-state index in [1.807, 2.05) is 0 Å². The molecule has 2 rings (SSSR count). The van der Waals surface area contributed by atoms with Gasteiger partial charge >= 0.3 is 16.0 Å². The average Bonchev–Trinajstić information content (AvgIpc) is 2.42.